The Morgan fingerprint density at radius 3 is 2.63 bits per heavy atom. The molecule has 0 spiro atoms. The van der Waals surface area contributed by atoms with Crippen molar-refractivity contribution < 1.29 is 4.79 Å². The van der Waals surface area contributed by atoms with Crippen LogP contribution in [0.25, 0.3) is 0 Å². The van der Waals surface area contributed by atoms with Gasteiger partial charge in [0, 0.05) is 19.0 Å². The van der Waals surface area contributed by atoms with E-state index in [0.29, 0.717) is 13.0 Å². The molecule has 1 saturated carbocycles. The number of carbonyl (C=O) groups excluding carboxylic acids is 1. The second-order valence-corrected chi connectivity index (χ2v) is 5.72. The molecule has 0 bridgehead atoms. The largest absolute Gasteiger partial charge is 0.356 e. The van der Waals surface area contributed by atoms with Gasteiger partial charge in [-0.1, -0.05) is 19.3 Å². The Balaban J connectivity index is 1.98. The van der Waals surface area contributed by atoms with Crippen molar-refractivity contribution in [3.8, 4) is 0 Å². The molecule has 0 aromatic heterocycles. The Hall–Kier alpha value is -0.610. The number of nitrogens with one attached hydrogen (secondary N) is 1. The molecular formula is C15H31N3O. The van der Waals surface area contributed by atoms with Crippen molar-refractivity contribution in [1.29, 1.82) is 0 Å². The maximum absolute atomic E-state index is 11.5. The summed E-state index contributed by atoms with van der Waals surface area (Å²) in [5, 5.41) is 2.99. The number of nitrogens with zero attached hydrogens (tertiary/aromatic N) is 1. The third-order valence-electron chi connectivity index (χ3n) is 4.07. The highest BCUT2D eigenvalue weighted by atomic mass is 16.1. The van der Waals surface area contributed by atoms with Gasteiger partial charge in [-0.15, -0.1) is 0 Å². The summed E-state index contributed by atoms with van der Waals surface area (Å²) in [6.07, 6.45) is 10.4. The zero-order valence-electron chi connectivity index (χ0n) is 12.5. The predicted octanol–water partition coefficient (Wildman–Crippen LogP) is 1.89. The topological polar surface area (TPSA) is 58.4 Å². The maximum atomic E-state index is 11.5. The molecule has 0 heterocycles. The first-order valence-electron chi connectivity index (χ1n) is 7.91. The molecule has 1 rings (SSSR count). The molecule has 0 aromatic carbocycles. The van der Waals surface area contributed by atoms with E-state index in [2.05, 4.69) is 17.3 Å². The van der Waals surface area contributed by atoms with Crippen LogP contribution in [-0.4, -0.2) is 43.5 Å². The molecule has 112 valence electrons. The van der Waals surface area contributed by atoms with Crippen molar-refractivity contribution in [2.24, 2.45) is 5.73 Å². The van der Waals surface area contributed by atoms with Crippen molar-refractivity contribution in [1.82, 2.24) is 10.2 Å². The van der Waals surface area contributed by atoms with Gasteiger partial charge in [-0.05, 0) is 52.2 Å². The van der Waals surface area contributed by atoms with E-state index in [4.69, 9.17) is 5.73 Å². The summed E-state index contributed by atoms with van der Waals surface area (Å²) in [6.45, 7) is 2.58. The molecule has 1 amide bonds. The molecule has 0 radical (unpaired) electrons. The lowest BCUT2D eigenvalue weighted by Gasteiger charge is -2.31. The first-order chi connectivity index (χ1) is 9.24. The minimum Gasteiger partial charge on any atom is -0.356 e. The number of unbranched alkanes of at least 4 members (excludes halogenated alkanes) is 1. The normalized spacial score (nSPS) is 16.8. The first-order valence-corrected chi connectivity index (χ1v) is 7.91. The van der Waals surface area contributed by atoms with E-state index >= 15 is 0 Å². The summed E-state index contributed by atoms with van der Waals surface area (Å²) in [5.74, 6) is 0.175. The van der Waals surface area contributed by atoms with Crippen LogP contribution in [0.4, 0.5) is 0 Å². The van der Waals surface area contributed by atoms with Gasteiger partial charge in [0.05, 0.1) is 0 Å². The molecule has 0 saturated heterocycles. The molecule has 1 aliphatic rings. The Labute approximate surface area is 118 Å². The van der Waals surface area contributed by atoms with Crippen LogP contribution >= 0.6 is 0 Å². The van der Waals surface area contributed by atoms with E-state index in [0.717, 1.165) is 38.4 Å². The molecule has 19 heavy (non-hydrogen) atoms. The lowest BCUT2D eigenvalue weighted by molar-refractivity contribution is -0.121. The Morgan fingerprint density at radius 1 is 1.21 bits per heavy atom. The smallest absolute Gasteiger partial charge is 0.219 e. The van der Waals surface area contributed by atoms with Crippen molar-refractivity contribution in [2.45, 2.75) is 63.8 Å². The van der Waals surface area contributed by atoms with Gasteiger partial charge in [0.2, 0.25) is 5.91 Å². The van der Waals surface area contributed by atoms with Crippen molar-refractivity contribution in [3.05, 3.63) is 0 Å². The molecule has 0 aromatic rings. The van der Waals surface area contributed by atoms with Crippen LogP contribution in [0.1, 0.15) is 57.8 Å². The van der Waals surface area contributed by atoms with E-state index in [1.54, 1.807) is 0 Å². The van der Waals surface area contributed by atoms with Gasteiger partial charge >= 0.3 is 0 Å². The van der Waals surface area contributed by atoms with E-state index in [1.165, 1.54) is 32.1 Å². The summed E-state index contributed by atoms with van der Waals surface area (Å²) in [7, 11) is 2.22. The van der Waals surface area contributed by atoms with Crippen molar-refractivity contribution in [2.75, 3.05) is 26.7 Å². The maximum Gasteiger partial charge on any atom is 0.219 e. The first kappa shape index (κ1) is 16.4. The highest BCUT2D eigenvalue weighted by Gasteiger charge is 2.17. The molecule has 0 atom stereocenters. The van der Waals surface area contributed by atoms with Gasteiger partial charge in [-0.3, -0.25) is 4.79 Å². The van der Waals surface area contributed by atoms with Crippen LogP contribution in [0.15, 0.2) is 0 Å². The Morgan fingerprint density at radius 2 is 1.95 bits per heavy atom. The van der Waals surface area contributed by atoms with E-state index in [1.807, 2.05) is 0 Å². The average Bonchev–Trinajstić information content (AvgIpc) is 2.44. The molecule has 4 nitrogen and oxygen atoms in total. The standard InChI is InChI=1S/C15H31N3O/c1-18(14-8-3-2-4-9-14)13-7-12-17-15(19)10-5-6-11-16/h14H,2-13,16H2,1H3,(H,17,19). The average molecular weight is 269 g/mol. The summed E-state index contributed by atoms with van der Waals surface area (Å²) in [5.41, 5.74) is 5.40. The number of rotatable bonds is 9. The van der Waals surface area contributed by atoms with Gasteiger partial charge in [0.1, 0.15) is 0 Å². The fourth-order valence-corrected chi connectivity index (χ4v) is 2.78. The van der Waals surface area contributed by atoms with Crippen LogP contribution in [0.3, 0.4) is 0 Å². The van der Waals surface area contributed by atoms with Gasteiger partial charge in [-0.25, -0.2) is 0 Å². The van der Waals surface area contributed by atoms with E-state index < -0.39 is 0 Å². The quantitative estimate of drug-likeness (QED) is 0.628. The van der Waals surface area contributed by atoms with E-state index in [-0.39, 0.29) is 5.91 Å². The highest BCUT2D eigenvalue weighted by Crippen LogP contribution is 2.21. The number of hydrogen-bond acceptors (Lipinski definition) is 3. The van der Waals surface area contributed by atoms with Crippen molar-refractivity contribution in [3.63, 3.8) is 0 Å². The fraction of sp³-hybridized carbons (Fsp3) is 0.933. The number of hydrogen-bond donors (Lipinski definition) is 2. The Kier molecular flexibility index (Phi) is 8.84. The lowest BCUT2D eigenvalue weighted by atomic mass is 9.94. The van der Waals surface area contributed by atoms with Gasteiger partial charge in [0.25, 0.3) is 0 Å². The van der Waals surface area contributed by atoms with E-state index in [9.17, 15) is 4.79 Å². The highest BCUT2D eigenvalue weighted by molar-refractivity contribution is 5.75. The molecular weight excluding hydrogens is 238 g/mol. The Bertz CT molecular complexity index is 240. The van der Waals surface area contributed by atoms with Crippen LogP contribution in [0, 0.1) is 0 Å². The zero-order chi connectivity index (χ0) is 13.9. The monoisotopic (exact) mass is 269 g/mol. The second kappa shape index (κ2) is 10.2. The zero-order valence-corrected chi connectivity index (χ0v) is 12.5. The lowest BCUT2D eigenvalue weighted by Crippen LogP contribution is -2.35. The molecule has 0 unspecified atom stereocenters. The number of amides is 1. The fourth-order valence-electron chi connectivity index (χ4n) is 2.78. The summed E-state index contributed by atoms with van der Waals surface area (Å²) < 4.78 is 0. The molecule has 1 fully saturated rings. The molecule has 1 aliphatic carbocycles. The van der Waals surface area contributed by atoms with Crippen LogP contribution in [0.5, 0.6) is 0 Å². The number of carbonyl (C=O) groups is 1. The number of nitrogens with two attached hydrogens (primary N) is 1. The van der Waals surface area contributed by atoms with Gasteiger partial charge < -0.3 is 16.0 Å². The second-order valence-electron chi connectivity index (χ2n) is 5.72. The molecule has 4 heteroatoms. The van der Waals surface area contributed by atoms with Crippen LogP contribution < -0.4 is 11.1 Å². The molecule has 3 N–H and O–H groups in total. The summed E-state index contributed by atoms with van der Waals surface area (Å²) >= 11 is 0. The third-order valence-corrected chi connectivity index (χ3v) is 4.07. The predicted molar refractivity (Wildman–Crippen MR) is 80.0 cm³/mol. The van der Waals surface area contributed by atoms with Gasteiger partial charge in [-0.2, -0.15) is 0 Å². The summed E-state index contributed by atoms with van der Waals surface area (Å²) in [6, 6.07) is 0.772. The SMILES string of the molecule is CN(CCCNC(=O)CCCCN)C1CCCCC1. The molecule has 0 aliphatic heterocycles. The minimum absolute atomic E-state index is 0.175. The minimum atomic E-state index is 0.175. The third kappa shape index (κ3) is 7.53. The van der Waals surface area contributed by atoms with Crippen LogP contribution in [0.2, 0.25) is 0 Å². The van der Waals surface area contributed by atoms with Crippen LogP contribution in [-0.2, 0) is 4.79 Å². The van der Waals surface area contributed by atoms with Crippen molar-refractivity contribution >= 4 is 5.91 Å². The summed E-state index contributed by atoms with van der Waals surface area (Å²) in [4.78, 5) is 14.0. The van der Waals surface area contributed by atoms with Gasteiger partial charge in [0.15, 0.2) is 0 Å².